The molecule has 152 valence electrons. The second kappa shape index (κ2) is 10.6. The number of amides is 1. The highest BCUT2D eigenvalue weighted by molar-refractivity contribution is 8.00. The number of carbonyl (C=O) groups excluding carboxylic acids is 1. The van der Waals surface area contributed by atoms with Crippen LogP contribution in [0.1, 0.15) is 23.8 Å². The zero-order valence-electron chi connectivity index (χ0n) is 15.4. The molecule has 0 saturated carbocycles. The minimum atomic E-state index is -0.895. The van der Waals surface area contributed by atoms with Crippen LogP contribution in [0.4, 0.5) is 0 Å². The lowest BCUT2D eigenvalue weighted by Crippen LogP contribution is -2.43. The number of nitrogens with two attached hydrogens (primary N) is 1. The van der Waals surface area contributed by atoms with Gasteiger partial charge in [0.2, 0.25) is 0 Å². The summed E-state index contributed by atoms with van der Waals surface area (Å²) >= 11 is 7.27. The Hall–Kier alpha value is -0.940. The molecule has 1 saturated heterocycles. The first-order chi connectivity index (χ1) is 12.9. The van der Waals surface area contributed by atoms with Crippen molar-refractivity contribution in [3.05, 3.63) is 23.0 Å². The fourth-order valence-corrected chi connectivity index (χ4v) is 3.95. The number of ether oxygens (including phenoxy) is 2. The van der Waals surface area contributed by atoms with Gasteiger partial charge < -0.3 is 30.3 Å². The van der Waals surface area contributed by atoms with Gasteiger partial charge in [0.25, 0.3) is 5.91 Å². The van der Waals surface area contributed by atoms with Gasteiger partial charge in [0.1, 0.15) is 23.3 Å². The molecule has 0 spiro atoms. The van der Waals surface area contributed by atoms with E-state index in [4.69, 9.17) is 26.8 Å². The summed E-state index contributed by atoms with van der Waals surface area (Å²) in [5.74, 6) is -0.171. The summed E-state index contributed by atoms with van der Waals surface area (Å²) in [6.07, 6.45) is 0.145. The number of nitrogens with zero attached hydrogens (tertiary/aromatic N) is 2. The number of aromatic nitrogens is 1. The number of pyridine rings is 1. The van der Waals surface area contributed by atoms with Crippen molar-refractivity contribution >= 4 is 29.3 Å². The summed E-state index contributed by atoms with van der Waals surface area (Å²) in [4.78, 5) is 19.1. The molecule has 1 aliphatic rings. The van der Waals surface area contributed by atoms with Crippen LogP contribution in [0.25, 0.3) is 0 Å². The van der Waals surface area contributed by atoms with E-state index in [0.717, 1.165) is 6.42 Å². The molecule has 2 rings (SSSR count). The average Bonchev–Trinajstić information content (AvgIpc) is 2.58. The van der Waals surface area contributed by atoms with Gasteiger partial charge in [0, 0.05) is 37.8 Å². The van der Waals surface area contributed by atoms with E-state index in [1.807, 2.05) is 0 Å². The van der Waals surface area contributed by atoms with Crippen molar-refractivity contribution in [3.8, 4) is 0 Å². The van der Waals surface area contributed by atoms with Crippen LogP contribution in [-0.2, 0) is 9.47 Å². The summed E-state index contributed by atoms with van der Waals surface area (Å²) in [6.45, 7) is 2.70. The van der Waals surface area contributed by atoms with Crippen molar-refractivity contribution in [3.63, 3.8) is 0 Å². The van der Waals surface area contributed by atoms with Crippen LogP contribution >= 0.6 is 23.4 Å². The molecule has 0 radical (unpaired) electrons. The van der Waals surface area contributed by atoms with E-state index >= 15 is 0 Å². The van der Waals surface area contributed by atoms with Gasteiger partial charge in [0.05, 0.1) is 17.7 Å². The van der Waals surface area contributed by atoms with Crippen molar-refractivity contribution in [2.45, 2.75) is 42.0 Å². The highest BCUT2D eigenvalue weighted by Gasteiger charge is 2.31. The number of thioether (sulfide) groups is 1. The predicted octanol–water partition coefficient (Wildman–Crippen LogP) is 0.731. The fraction of sp³-hybridized carbons (Fsp3) is 0.647. The molecule has 27 heavy (non-hydrogen) atoms. The molecule has 8 nitrogen and oxygen atoms in total. The van der Waals surface area contributed by atoms with Crippen LogP contribution in [0.2, 0.25) is 5.02 Å². The van der Waals surface area contributed by atoms with Crippen LogP contribution in [0.3, 0.4) is 0 Å². The largest absolute Gasteiger partial charge is 0.394 e. The third kappa shape index (κ3) is 5.77. The summed E-state index contributed by atoms with van der Waals surface area (Å²) < 4.78 is 11.2. The molecule has 1 fully saturated rings. The molecule has 1 aliphatic heterocycles. The Bertz CT molecular complexity index is 629. The number of methoxy groups -OCH3 is 1. The Labute approximate surface area is 168 Å². The Morgan fingerprint density at radius 2 is 2.19 bits per heavy atom. The van der Waals surface area contributed by atoms with Gasteiger partial charge in [-0.3, -0.25) is 4.79 Å². The minimum absolute atomic E-state index is 0.148. The zero-order valence-corrected chi connectivity index (χ0v) is 16.9. The summed E-state index contributed by atoms with van der Waals surface area (Å²) in [6, 6.07) is 1.64. The standard InChI is InChI=1S/C17H26ClN3O5S/c1-10(23)13(9-22)26-17(12(7-19)25-2)27-14-6-11(18)8-20-15(14)16(24)21-4-3-5-21/h6,8,10,12-13,17,22-23H,3-5,7,9,19H2,1-2H3/t10-,12+,13?,17?/m1/s1. The lowest BCUT2D eigenvalue weighted by Gasteiger charge is -2.32. The van der Waals surface area contributed by atoms with E-state index in [2.05, 4.69) is 4.98 Å². The Morgan fingerprint density at radius 3 is 2.67 bits per heavy atom. The maximum Gasteiger partial charge on any atom is 0.273 e. The second-order valence-electron chi connectivity index (χ2n) is 6.24. The van der Waals surface area contributed by atoms with Gasteiger partial charge in [-0.1, -0.05) is 23.4 Å². The van der Waals surface area contributed by atoms with Crippen LogP contribution in [0.5, 0.6) is 0 Å². The lowest BCUT2D eigenvalue weighted by atomic mass is 10.2. The van der Waals surface area contributed by atoms with Crippen LogP contribution < -0.4 is 5.73 Å². The molecule has 0 aromatic carbocycles. The van der Waals surface area contributed by atoms with Gasteiger partial charge in [-0.2, -0.15) is 0 Å². The molecule has 10 heteroatoms. The van der Waals surface area contributed by atoms with Crippen molar-refractivity contribution in [2.24, 2.45) is 5.73 Å². The third-order valence-corrected chi connectivity index (χ3v) is 5.69. The number of aliphatic hydroxyl groups excluding tert-OH is 2. The van der Waals surface area contributed by atoms with Crippen LogP contribution in [0, 0.1) is 0 Å². The van der Waals surface area contributed by atoms with Gasteiger partial charge in [0.15, 0.2) is 0 Å². The van der Waals surface area contributed by atoms with E-state index in [-0.39, 0.29) is 24.8 Å². The molecule has 0 aliphatic carbocycles. The normalized spacial score (nSPS) is 18.5. The topological polar surface area (TPSA) is 118 Å². The molecule has 2 heterocycles. The molecular formula is C17H26ClN3O5S. The van der Waals surface area contributed by atoms with E-state index in [0.29, 0.717) is 23.0 Å². The van der Waals surface area contributed by atoms with E-state index in [1.165, 1.54) is 32.0 Å². The van der Waals surface area contributed by atoms with Gasteiger partial charge >= 0.3 is 0 Å². The Balaban J connectivity index is 2.29. The van der Waals surface area contributed by atoms with E-state index in [9.17, 15) is 15.0 Å². The van der Waals surface area contributed by atoms with Gasteiger partial charge in [-0.15, -0.1) is 0 Å². The van der Waals surface area contributed by atoms with Crippen LogP contribution in [-0.4, -0.2) is 83.1 Å². The summed E-state index contributed by atoms with van der Waals surface area (Å²) in [5.41, 5.74) is 5.37. The third-order valence-electron chi connectivity index (χ3n) is 4.27. The monoisotopic (exact) mass is 419 g/mol. The van der Waals surface area contributed by atoms with Crippen molar-refractivity contribution < 1.29 is 24.5 Å². The van der Waals surface area contributed by atoms with E-state index < -0.39 is 23.7 Å². The number of hydrogen-bond donors (Lipinski definition) is 3. The smallest absolute Gasteiger partial charge is 0.273 e. The molecule has 1 amide bonds. The van der Waals surface area contributed by atoms with Crippen molar-refractivity contribution in [1.29, 1.82) is 0 Å². The number of rotatable bonds is 10. The number of halogens is 1. The van der Waals surface area contributed by atoms with Crippen molar-refractivity contribution in [1.82, 2.24) is 9.88 Å². The maximum absolute atomic E-state index is 12.7. The second-order valence-corrected chi connectivity index (χ2v) is 7.82. The number of hydrogen-bond acceptors (Lipinski definition) is 8. The minimum Gasteiger partial charge on any atom is -0.394 e. The molecular weight excluding hydrogens is 394 g/mol. The molecule has 4 N–H and O–H groups in total. The molecule has 0 bridgehead atoms. The lowest BCUT2D eigenvalue weighted by molar-refractivity contribution is -0.0993. The average molecular weight is 420 g/mol. The quantitative estimate of drug-likeness (QED) is 0.375. The van der Waals surface area contributed by atoms with Crippen molar-refractivity contribution in [2.75, 3.05) is 33.4 Å². The molecule has 2 unspecified atom stereocenters. The zero-order chi connectivity index (χ0) is 20.0. The maximum atomic E-state index is 12.7. The Kier molecular flexibility index (Phi) is 8.74. The first-order valence-electron chi connectivity index (χ1n) is 8.70. The Morgan fingerprint density at radius 1 is 1.48 bits per heavy atom. The molecule has 4 atom stereocenters. The molecule has 1 aromatic heterocycles. The summed E-state index contributed by atoms with van der Waals surface area (Å²) in [5, 5.41) is 19.7. The summed E-state index contributed by atoms with van der Waals surface area (Å²) in [7, 11) is 1.49. The highest BCUT2D eigenvalue weighted by atomic mass is 35.5. The van der Waals surface area contributed by atoms with Gasteiger partial charge in [-0.05, 0) is 19.4 Å². The van der Waals surface area contributed by atoms with Gasteiger partial charge in [-0.25, -0.2) is 4.98 Å². The first-order valence-corrected chi connectivity index (χ1v) is 9.95. The number of likely N-dealkylation sites (tertiary alicyclic amines) is 1. The van der Waals surface area contributed by atoms with E-state index in [1.54, 1.807) is 11.0 Å². The SMILES string of the molecule is CO[C@@H](CN)C(OC(CO)[C@@H](C)O)Sc1cc(Cl)cnc1C(=O)N1CCC1. The first kappa shape index (κ1) is 22.4. The fourth-order valence-electron chi connectivity index (χ4n) is 2.46. The predicted molar refractivity (Wildman–Crippen MR) is 103 cm³/mol. The number of aliphatic hydroxyl groups is 2. The van der Waals surface area contributed by atoms with Crippen LogP contribution in [0.15, 0.2) is 17.2 Å². The number of carbonyl (C=O) groups is 1. The molecule has 1 aromatic rings. The highest BCUT2D eigenvalue weighted by Crippen LogP contribution is 2.33.